The van der Waals surface area contributed by atoms with Gasteiger partial charge in [-0.15, -0.1) is 0 Å². The van der Waals surface area contributed by atoms with Gasteiger partial charge >= 0.3 is 6.09 Å². The van der Waals surface area contributed by atoms with E-state index in [0.717, 1.165) is 16.8 Å². The van der Waals surface area contributed by atoms with Gasteiger partial charge in [0.25, 0.3) is 0 Å². The molecule has 0 radical (unpaired) electrons. The molecule has 1 heterocycles. The van der Waals surface area contributed by atoms with E-state index in [4.69, 9.17) is 14.2 Å². The molecule has 7 heteroatoms. The van der Waals surface area contributed by atoms with Crippen LogP contribution in [0.2, 0.25) is 0 Å². The Kier molecular flexibility index (Phi) is 5.33. The Balaban J connectivity index is 2.29. The summed E-state index contributed by atoms with van der Waals surface area (Å²) in [6.07, 6.45) is -0.392. The zero-order valence-electron chi connectivity index (χ0n) is 15.1. The van der Waals surface area contributed by atoms with Gasteiger partial charge in [-0.3, -0.25) is 0 Å². The first-order chi connectivity index (χ1) is 11.2. The highest BCUT2D eigenvalue weighted by molar-refractivity contribution is 5.78. The molecule has 2 aromatic rings. The number of rotatable bonds is 5. The van der Waals surface area contributed by atoms with Crippen LogP contribution in [-0.4, -0.2) is 47.4 Å². The summed E-state index contributed by atoms with van der Waals surface area (Å²) in [5, 5.41) is 0. The summed E-state index contributed by atoms with van der Waals surface area (Å²) in [6.45, 7) is 6.18. The third-order valence-electron chi connectivity index (χ3n) is 3.38. The topological polar surface area (TPSA) is 65.8 Å². The molecule has 0 spiro atoms. The number of hydrogen-bond acceptors (Lipinski definition) is 5. The van der Waals surface area contributed by atoms with Crippen molar-refractivity contribution in [3.05, 3.63) is 24.0 Å². The molecule has 0 aliphatic heterocycles. The van der Waals surface area contributed by atoms with Crippen molar-refractivity contribution in [1.29, 1.82) is 0 Å². The smallest absolute Gasteiger partial charge is 0.410 e. The first kappa shape index (κ1) is 18.1. The van der Waals surface area contributed by atoms with Gasteiger partial charge in [0.1, 0.15) is 23.9 Å². The molecular weight excluding hydrogens is 310 g/mol. The SMILES string of the molecule is COCn1c(CN(C)C(=O)OC(C)(C)C)nc2cc(OC)ccc21. The van der Waals surface area contributed by atoms with E-state index in [0.29, 0.717) is 19.1 Å². The Morgan fingerprint density at radius 1 is 1.29 bits per heavy atom. The van der Waals surface area contributed by atoms with Crippen LogP contribution in [0.25, 0.3) is 11.0 Å². The number of methoxy groups -OCH3 is 2. The second-order valence-electron chi connectivity index (χ2n) is 6.56. The lowest BCUT2D eigenvalue weighted by Gasteiger charge is -2.24. The number of carbonyl (C=O) groups excluding carboxylic acids is 1. The maximum atomic E-state index is 12.2. The van der Waals surface area contributed by atoms with Crippen LogP contribution in [0.3, 0.4) is 0 Å². The maximum Gasteiger partial charge on any atom is 0.410 e. The molecule has 24 heavy (non-hydrogen) atoms. The molecule has 1 aromatic carbocycles. The minimum Gasteiger partial charge on any atom is -0.497 e. The van der Waals surface area contributed by atoms with E-state index < -0.39 is 11.7 Å². The van der Waals surface area contributed by atoms with E-state index in [-0.39, 0.29) is 0 Å². The Bertz CT molecular complexity index is 718. The molecule has 0 saturated carbocycles. The number of amides is 1. The summed E-state index contributed by atoms with van der Waals surface area (Å²) in [6, 6.07) is 5.66. The molecular formula is C17H25N3O4. The molecule has 1 aromatic heterocycles. The predicted octanol–water partition coefficient (Wildman–Crippen LogP) is 3.02. The number of ether oxygens (including phenoxy) is 3. The van der Waals surface area contributed by atoms with E-state index in [1.165, 1.54) is 4.90 Å². The van der Waals surface area contributed by atoms with E-state index in [9.17, 15) is 4.79 Å². The summed E-state index contributed by atoms with van der Waals surface area (Å²) in [4.78, 5) is 18.3. The van der Waals surface area contributed by atoms with Crippen molar-refractivity contribution >= 4 is 17.1 Å². The number of fused-ring (bicyclic) bond motifs is 1. The molecule has 0 aliphatic carbocycles. The average Bonchev–Trinajstić information content (AvgIpc) is 2.82. The van der Waals surface area contributed by atoms with E-state index in [2.05, 4.69) is 4.98 Å². The lowest BCUT2D eigenvalue weighted by atomic mass is 10.2. The number of benzene rings is 1. The summed E-state index contributed by atoms with van der Waals surface area (Å²) >= 11 is 0. The molecule has 132 valence electrons. The maximum absolute atomic E-state index is 12.2. The molecule has 0 unspecified atom stereocenters. The molecule has 0 atom stereocenters. The molecule has 0 aliphatic rings. The average molecular weight is 335 g/mol. The Labute approximate surface area is 142 Å². The summed E-state index contributed by atoms with van der Waals surface area (Å²) in [5.41, 5.74) is 1.18. The van der Waals surface area contributed by atoms with Crippen LogP contribution in [0.1, 0.15) is 26.6 Å². The molecule has 0 N–H and O–H groups in total. The van der Waals surface area contributed by atoms with Gasteiger partial charge in [-0.2, -0.15) is 0 Å². The zero-order valence-corrected chi connectivity index (χ0v) is 15.1. The Morgan fingerprint density at radius 3 is 2.58 bits per heavy atom. The van der Waals surface area contributed by atoms with Crippen molar-refractivity contribution in [2.45, 2.75) is 39.6 Å². The third-order valence-corrected chi connectivity index (χ3v) is 3.38. The highest BCUT2D eigenvalue weighted by Crippen LogP contribution is 2.23. The van der Waals surface area contributed by atoms with Gasteiger partial charge in [-0.25, -0.2) is 9.78 Å². The highest BCUT2D eigenvalue weighted by Gasteiger charge is 2.21. The van der Waals surface area contributed by atoms with Gasteiger partial charge in [-0.05, 0) is 32.9 Å². The minimum absolute atomic E-state index is 0.315. The lowest BCUT2D eigenvalue weighted by Crippen LogP contribution is -2.34. The van der Waals surface area contributed by atoms with Gasteiger partial charge < -0.3 is 23.7 Å². The van der Waals surface area contributed by atoms with Crippen molar-refractivity contribution < 1.29 is 19.0 Å². The van der Waals surface area contributed by atoms with Crippen molar-refractivity contribution in [3.8, 4) is 5.75 Å². The quantitative estimate of drug-likeness (QED) is 0.840. The van der Waals surface area contributed by atoms with E-state index in [1.54, 1.807) is 21.3 Å². The van der Waals surface area contributed by atoms with Gasteiger partial charge in [-0.1, -0.05) is 0 Å². The largest absolute Gasteiger partial charge is 0.497 e. The molecule has 0 bridgehead atoms. The number of carbonyl (C=O) groups is 1. The van der Waals surface area contributed by atoms with Crippen LogP contribution in [0.4, 0.5) is 4.79 Å². The molecule has 0 fully saturated rings. The second kappa shape index (κ2) is 7.09. The molecule has 2 rings (SSSR count). The fourth-order valence-electron chi connectivity index (χ4n) is 2.30. The van der Waals surface area contributed by atoms with Crippen LogP contribution >= 0.6 is 0 Å². The van der Waals surface area contributed by atoms with Crippen LogP contribution in [0.15, 0.2) is 18.2 Å². The number of nitrogens with zero attached hydrogens (tertiary/aromatic N) is 3. The first-order valence-electron chi connectivity index (χ1n) is 7.71. The molecule has 1 amide bonds. The van der Waals surface area contributed by atoms with Gasteiger partial charge in [0.15, 0.2) is 0 Å². The summed E-state index contributed by atoms with van der Waals surface area (Å²) in [5.74, 6) is 1.45. The fourth-order valence-corrected chi connectivity index (χ4v) is 2.30. The molecule has 0 saturated heterocycles. The Morgan fingerprint density at radius 2 is 2.00 bits per heavy atom. The third kappa shape index (κ3) is 4.17. The standard InChI is InChI=1S/C17H25N3O4/c1-17(2,3)24-16(21)19(4)10-15-18-13-9-12(23-6)7-8-14(13)20(15)11-22-5/h7-9H,10-11H2,1-6H3. The van der Waals surface area contributed by atoms with Gasteiger partial charge in [0.05, 0.1) is 24.7 Å². The monoisotopic (exact) mass is 335 g/mol. The fraction of sp³-hybridized carbons (Fsp3) is 0.529. The summed E-state index contributed by atoms with van der Waals surface area (Å²) < 4.78 is 17.8. The zero-order chi connectivity index (χ0) is 17.9. The first-order valence-corrected chi connectivity index (χ1v) is 7.71. The van der Waals surface area contributed by atoms with Crippen LogP contribution in [0, 0.1) is 0 Å². The van der Waals surface area contributed by atoms with E-state index in [1.807, 2.05) is 43.5 Å². The van der Waals surface area contributed by atoms with Crippen LogP contribution < -0.4 is 4.74 Å². The Hall–Kier alpha value is -2.28. The molecule has 7 nitrogen and oxygen atoms in total. The number of imidazole rings is 1. The highest BCUT2D eigenvalue weighted by atomic mass is 16.6. The van der Waals surface area contributed by atoms with Gasteiger partial charge in [0.2, 0.25) is 0 Å². The number of hydrogen-bond donors (Lipinski definition) is 0. The van der Waals surface area contributed by atoms with E-state index >= 15 is 0 Å². The summed E-state index contributed by atoms with van der Waals surface area (Å²) in [7, 11) is 4.92. The van der Waals surface area contributed by atoms with Crippen molar-refractivity contribution in [3.63, 3.8) is 0 Å². The second-order valence-corrected chi connectivity index (χ2v) is 6.56. The van der Waals surface area contributed by atoms with Crippen LogP contribution in [0.5, 0.6) is 5.75 Å². The van der Waals surface area contributed by atoms with Crippen molar-refractivity contribution in [1.82, 2.24) is 14.5 Å². The lowest BCUT2D eigenvalue weighted by molar-refractivity contribution is 0.0275. The number of aromatic nitrogens is 2. The van der Waals surface area contributed by atoms with Crippen LogP contribution in [-0.2, 0) is 22.7 Å². The minimum atomic E-state index is -0.536. The van der Waals surface area contributed by atoms with Crippen molar-refractivity contribution in [2.24, 2.45) is 0 Å². The predicted molar refractivity (Wildman–Crippen MR) is 91.0 cm³/mol. The normalized spacial score (nSPS) is 11.6. The van der Waals surface area contributed by atoms with Gasteiger partial charge in [0, 0.05) is 20.2 Å². The van der Waals surface area contributed by atoms with Crippen molar-refractivity contribution in [2.75, 3.05) is 21.3 Å².